The molecule has 0 aliphatic heterocycles. The smallest absolute Gasteiger partial charge is 0.337 e. The fourth-order valence-electron chi connectivity index (χ4n) is 1.73. The number of carbonyl (C=O) groups is 1. The Labute approximate surface area is 101 Å². The average Bonchev–Trinajstić information content (AvgIpc) is 2.57. The normalized spacial score (nSPS) is 10.6. The third kappa shape index (κ3) is 1.88. The molecule has 0 aliphatic carbocycles. The van der Waals surface area contributed by atoms with Crippen molar-refractivity contribution in [2.45, 2.75) is 6.54 Å². The molecule has 0 unspecified atom stereocenters. The molecule has 0 aliphatic rings. The van der Waals surface area contributed by atoms with Crippen LogP contribution in [-0.4, -0.2) is 15.6 Å². The van der Waals surface area contributed by atoms with E-state index in [9.17, 15) is 4.79 Å². The van der Waals surface area contributed by atoms with Crippen LogP contribution in [0.3, 0.4) is 0 Å². The molecule has 16 heavy (non-hydrogen) atoms. The highest BCUT2D eigenvalue weighted by Gasteiger charge is 2.13. The Morgan fingerprint density at radius 3 is 2.75 bits per heavy atom. The van der Waals surface area contributed by atoms with Crippen molar-refractivity contribution in [2.24, 2.45) is 0 Å². The predicted octanol–water partition coefficient (Wildman–Crippen LogP) is 3.25. The molecule has 1 aromatic carbocycles. The molecule has 2 aromatic rings. The van der Waals surface area contributed by atoms with E-state index in [1.807, 2.05) is 28.8 Å². The Balaban J connectivity index is 2.66. The minimum Gasteiger partial charge on any atom is -0.478 e. The van der Waals surface area contributed by atoms with Gasteiger partial charge in [-0.15, -0.1) is 0 Å². The maximum absolute atomic E-state index is 11.1. The van der Waals surface area contributed by atoms with E-state index in [2.05, 4.69) is 22.5 Å². The number of rotatable bonds is 3. The van der Waals surface area contributed by atoms with Crippen molar-refractivity contribution >= 4 is 32.8 Å². The molecule has 0 atom stereocenters. The van der Waals surface area contributed by atoms with Gasteiger partial charge in [0.25, 0.3) is 0 Å². The van der Waals surface area contributed by atoms with Gasteiger partial charge in [-0.1, -0.05) is 40.7 Å². The van der Waals surface area contributed by atoms with E-state index in [-0.39, 0.29) is 0 Å². The van der Waals surface area contributed by atoms with Crippen molar-refractivity contribution in [1.29, 1.82) is 0 Å². The van der Waals surface area contributed by atoms with Crippen molar-refractivity contribution < 1.29 is 9.90 Å². The standard InChI is InChI=1S/C12H10BrNO2/c1-8(13)6-14-7-10(12(15)16)9-4-2-3-5-11(9)14/h2-5,7H,1,6H2,(H,15,16). The zero-order chi connectivity index (χ0) is 11.7. The molecule has 0 fully saturated rings. The van der Waals surface area contributed by atoms with Crippen LogP contribution in [0.2, 0.25) is 0 Å². The van der Waals surface area contributed by atoms with Gasteiger partial charge in [-0.2, -0.15) is 0 Å². The summed E-state index contributed by atoms with van der Waals surface area (Å²) in [6.45, 7) is 4.32. The van der Waals surface area contributed by atoms with Crippen LogP contribution in [0.1, 0.15) is 10.4 Å². The first kappa shape index (κ1) is 11.0. The Bertz CT molecular complexity index is 571. The maximum Gasteiger partial charge on any atom is 0.337 e. The van der Waals surface area contributed by atoms with Gasteiger partial charge in [-0.05, 0) is 6.07 Å². The van der Waals surface area contributed by atoms with Crippen LogP contribution >= 0.6 is 15.9 Å². The lowest BCUT2D eigenvalue weighted by atomic mass is 10.2. The Morgan fingerprint density at radius 1 is 1.44 bits per heavy atom. The highest BCUT2D eigenvalue weighted by Crippen LogP contribution is 2.22. The van der Waals surface area contributed by atoms with Gasteiger partial charge in [0.15, 0.2) is 0 Å². The quantitative estimate of drug-likeness (QED) is 0.937. The molecule has 0 bridgehead atoms. The monoisotopic (exact) mass is 279 g/mol. The summed E-state index contributed by atoms with van der Waals surface area (Å²) in [5.74, 6) is -0.907. The van der Waals surface area contributed by atoms with Crippen molar-refractivity contribution in [3.05, 3.63) is 47.1 Å². The summed E-state index contributed by atoms with van der Waals surface area (Å²) in [5.41, 5.74) is 1.23. The van der Waals surface area contributed by atoms with Crippen LogP contribution in [0.5, 0.6) is 0 Å². The number of aromatic carboxylic acids is 1. The summed E-state index contributed by atoms with van der Waals surface area (Å²) >= 11 is 3.28. The summed E-state index contributed by atoms with van der Waals surface area (Å²) in [4.78, 5) is 11.1. The fourth-order valence-corrected chi connectivity index (χ4v) is 2.00. The average molecular weight is 280 g/mol. The van der Waals surface area contributed by atoms with Crippen LogP contribution in [-0.2, 0) is 6.54 Å². The number of aromatic nitrogens is 1. The SMILES string of the molecule is C=C(Br)Cn1cc(C(=O)O)c2ccccc21. The van der Waals surface area contributed by atoms with E-state index in [4.69, 9.17) is 5.11 Å². The summed E-state index contributed by atoms with van der Waals surface area (Å²) < 4.78 is 2.68. The van der Waals surface area contributed by atoms with Crippen LogP contribution in [0.25, 0.3) is 10.9 Å². The molecule has 0 saturated carbocycles. The minimum atomic E-state index is -0.907. The van der Waals surface area contributed by atoms with Gasteiger partial charge in [0.05, 0.1) is 12.1 Å². The molecule has 0 spiro atoms. The third-order valence-corrected chi connectivity index (χ3v) is 2.61. The lowest BCUT2D eigenvalue weighted by Crippen LogP contribution is -1.96. The second-order valence-electron chi connectivity index (χ2n) is 3.51. The van der Waals surface area contributed by atoms with Gasteiger partial charge < -0.3 is 9.67 Å². The number of carboxylic acids is 1. The topological polar surface area (TPSA) is 42.2 Å². The third-order valence-electron chi connectivity index (χ3n) is 2.36. The molecule has 1 aromatic heterocycles. The van der Waals surface area contributed by atoms with E-state index in [1.165, 1.54) is 0 Å². The molecular formula is C12H10BrNO2. The molecule has 4 heteroatoms. The number of carboxylic acid groups (broad SMARTS) is 1. The number of allylic oxidation sites excluding steroid dienone is 1. The highest BCUT2D eigenvalue weighted by atomic mass is 79.9. The van der Waals surface area contributed by atoms with E-state index in [0.29, 0.717) is 12.1 Å². The second-order valence-corrected chi connectivity index (χ2v) is 4.63. The van der Waals surface area contributed by atoms with Gasteiger partial charge in [-0.25, -0.2) is 4.79 Å². The number of para-hydroxylation sites is 1. The predicted molar refractivity (Wildman–Crippen MR) is 67.0 cm³/mol. The first-order valence-electron chi connectivity index (χ1n) is 4.74. The van der Waals surface area contributed by atoms with Gasteiger partial charge in [0.1, 0.15) is 0 Å². The van der Waals surface area contributed by atoms with Crippen molar-refractivity contribution in [3.63, 3.8) is 0 Å². The van der Waals surface area contributed by atoms with E-state index in [1.54, 1.807) is 6.20 Å². The Hall–Kier alpha value is -1.55. The molecule has 0 saturated heterocycles. The summed E-state index contributed by atoms with van der Waals surface area (Å²) in [7, 11) is 0. The number of halogens is 1. The minimum absolute atomic E-state index is 0.323. The number of fused-ring (bicyclic) bond motifs is 1. The number of nitrogens with zero attached hydrogens (tertiary/aromatic N) is 1. The lowest BCUT2D eigenvalue weighted by Gasteiger charge is -2.02. The molecular weight excluding hydrogens is 270 g/mol. The number of hydrogen-bond acceptors (Lipinski definition) is 1. The summed E-state index contributed by atoms with van der Waals surface area (Å²) in [5, 5.41) is 9.84. The molecule has 1 N–H and O–H groups in total. The fraction of sp³-hybridized carbons (Fsp3) is 0.0833. The largest absolute Gasteiger partial charge is 0.478 e. The van der Waals surface area contributed by atoms with Crippen molar-refractivity contribution in [3.8, 4) is 0 Å². The van der Waals surface area contributed by atoms with Gasteiger partial charge >= 0.3 is 5.97 Å². The molecule has 3 nitrogen and oxygen atoms in total. The maximum atomic E-state index is 11.1. The van der Waals surface area contributed by atoms with Crippen molar-refractivity contribution in [2.75, 3.05) is 0 Å². The van der Waals surface area contributed by atoms with Crippen LogP contribution in [0.15, 0.2) is 41.5 Å². The molecule has 1 heterocycles. The Kier molecular flexibility index (Phi) is 2.83. The first-order chi connectivity index (χ1) is 7.59. The van der Waals surface area contributed by atoms with Gasteiger partial charge in [0.2, 0.25) is 0 Å². The van der Waals surface area contributed by atoms with Crippen LogP contribution in [0.4, 0.5) is 0 Å². The first-order valence-corrected chi connectivity index (χ1v) is 5.53. The van der Waals surface area contributed by atoms with Gasteiger partial charge in [0, 0.05) is 21.6 Å². The molecule has 0 radical (unpaired) electrons. The van der Waals surface area contributed by atoms with E-state index >= 15 is 0 Å². The highest BCUT2D eigenvalue weighted by molar-refractivity contribution is 9.11. The summed E-state index contributed by atoms with van der Waals surface area (Å²) in [6.07, 6.45) is 1.64. The Morgan fingerprint density at radius 2 is 2.12 bits per heavy atom. The number of hydrogen-bond donors (Lipinski definition) is 1. The second kappa shape index (κ2) is 4.14. The van der Waals surface area contributed by atoms with Crippen LogP contribution in [0, 0.1) is 0 Å². The molecule has 2 rings (SSSR count). The summed E-state index contributed by atoms with van der Waals surface area (Å²) in [6, 6.07) is 7.44. The zero-order valence-electron chi connectivity index (χ0n) is 8.48. The zero-order valence-corrected chi connectivity index (χ0v) is 10.1. The molecule has 82 valence electrons. The van der Waals surface area contributed by atoms with Crippen molar-refractivity contribution in [1.82, 2.24) is 4.57 Å². The van der Waals surface area contributed by atoms with E-state index < -0.39 is 5.97 Å². The number of benzene rings is 1. The van der Waals surface area contributed by atoms with Crippen LogP contribution < -0.4 is 0 Å². The lowest BCUT2D eigenvalue weighted by molar-refractivity contribution is 0.0699. The van der Waals surface area contributed by atoms with Gasteiger partial charge in [-0.3, -0.25) is 0 Å². The molecule has 0 amide bonds. The van der Waals surface area contributed by atoms with E-state index in [0.717, 1.165) is 15.4 Å².